The van der Waals surface area contributed by atoms with Crippen molar-refractivity contribution in [3.63, 3.8) is 0 Å². The van der Waals surface area contributed by atoms with E-state index in [9.17, 15) is 4.79 Å². The summed E-state index contributed by atoms with van der Waals surface area (Å²) in [6.45, 7) is 7.69. The monoisotopic (exact) mass is 297 g/mol. The van der Waals surface area contributed by atoms with Gasteiger partial charge < -0.3 is 4.90 Å². The van der Waals surface area contributed by atoms with Crippen LogP contribution in [0.5, 0.6) is 0 Å². The number of nitrogens with zero attached hydrogens (tertiary/aromatic N) is 1. The van der Waals surface area contributed by atoms with Crippen molar-refractivity contribution in [3.05, 3.63) is 71.8 Å². The molecule has 0 spiro atoms. The van der Waals surface area contributed by atoms with Crippen LogP contribution in [0, 0.1) is 0 Å². The zero-order valence-electron chi connectivity index (χ0n) is 13.0. The van der Waals surface area contributed by atoms with Gasteiger partial charge in [-0.05, 0) is 11.1 Å². The zero-order chi connectivity index (χ0) is 15.3. The van der Waals surface area contributed by atoms with Crippen LogP contribution >= 0.6 is 0 Å². The molecule has 0 saturated heterocycles. The van der Waals surface area contributed by atoms with Gasteiger partial charge in [-0.15, -0.1) is 0 Å². The number of carbonyl (C=O) groups excluding carboxylic acids is 1. The van der Waals surface area contributed by atoms with Crippen molar-refractivity contribution < 1.29 is 4.79 Å². The number of hydrogen-bond acceptors (Lipinski definition) is 1. The summed E-state index contributed by atoms with van der Waals surface area (Å²) in [4.78, 5) is 14.8. The molecule has 0 unspecified atom stereocenters. The summed E-state index contributed by atoms with van der Waals surface area (Å²) in [6.07, 6.45) is 0. The largest absolute Gasteiger partial charge is 0.339 e. The quantitative estimate of drug-likeness (QED) is 0.731. The Hall–Kier alpha value is -1.87. The lowest BCUT2D eigenvalue weighted by Gasteiger charge is -2.29. The Balaban J connectivity index is 2.20. The minimum atomic E-state index is -1.84. The van der Waals surface area contributed by atoms with Gasteiger partial charge in [-0.3, -0.25) is 4.79 Å². The van der Waals surface area contributed by atoms with Crippen molar-refractivity contribution in [2.45, 2.75) is 32.7 Å². The predicted molar refractivity (Wildman–Crippen MR) is 90.9 cm³/mol. The fourth-order valence-corrected chi connectivity index (χ4v) is 3.39. The Kier molecular flexibility index (Phi) is 4.97. The third-order valence-electron chi connectivity index (χ3n) is 3.36. The molecule has 0 saturated carbocycles. The van der Waals surface area contributed by atoms with E-state index in [1.807, 2.05) is 41.3 Å². The molecule has 0 atom stereocenters. The van der Waals surface area contributed by atoms with E-state index in [1.54, 1.807) is 0 Å². The summed E-state index contributed by atoms with van der Waals surface area (Å²) in [5.41, 5.74) is 2.68. The molecule has 1 amide bonds. The summed E-state index contributed by atoms with van der Waals surface area (Å²) in [5, 5.41) is 0. The van der Waals surface area contributed by atoms with Crippen LogP contribution < -0.4 is 0 Å². The fraction of sp³-hybridized carbons (Fsp3) is 0.278. The van der Waals surface area contributed by atoms with E-state index in [0.29, 0.717) is 18.6 Å². The van der Waals surface area contributed by atoms with E-state index < -0.39 is 8.07 Å². The van der Waals surface area contributed by atoms with E-state index in [1.165, 1.54) is 11.1 Å². The van der Waals surface area contributed by atoms with Gasteiger partial charge in [0.2, 0.25) is 0 Å². The van der Waals surface area contributed by atoms with Gasteiger partial charge in [-0.25, -0.2) is 0 Å². The first-order valence-electron chi connectivity index (χ1n) is 7.34. The predicted octanol–water partition coefficient (Wildman–Crippen LogP) is 4.73. The topological polar surface area (TPSA) is 20.3 Å². The van der Waals surface area contributed by atoms with Gasteiger partial charge in [0.15, 0.2) is 13.6 Å². The van der Waals surface area contributed by atoms with Gasteiger partial charge >= 0.3 is 0 Å². The second-order valence-electron chi connectivity index (χ2n) is 6.38. The maximum Gasteiger partial charge on any atom is 0.194 e. The Morgan fingerprint density at radius 1 is 0.810 bits per heavy atom. The average Bonchev–Trinajstić information content (AvgIpc) is 2.47. The highest BCUT2D eigenvalue weighted by Gasteiger charge is 2.29. The maximum atomic E-state index is 12.8. The minimum Gasteiger partial charge on any atom is -0.339 e. The molecule has 0 radical (unpaired) electrons. The minimum absolute atomic E-state index is 0.315. The summed E-state index contributed by atoms with van der Waals surface area (Å²) in [5.74, 6) is 0. The SMILES string of the molecule is C[Si](C)(C)C(=O)N(Cc1ccccc1)Cc1ccccc1. The molecule has 2 rings (SSSR count). The highest BCUT2D eigenvalue weighted by Crippen LogP contribution is 2.16. The molecule has 0 aliphatic rings. The lowest BCUT2D eigenvalue weighted by Crippen LogP contribution is -2.45. The van der Waals surface area contributed by atoms with Crippen LogP contribution in [0.25, 0.3) is 0 Å². The fourth-order valence-electron chi connectivity index (χ4n) is 2.28. The Labute approximate surface area is 128 Å². The molecule has 0 bridgehead atoms. The zero-order valence-corrected chi connectivity index (χ0v) is 14.0. The molecule has 21 heavy (non-hydrogen) atoms. The lowest BCUT2D eigenvalue weighted by molar-refractivity contribution is 0.214. The Bertz CT molecular complexity index is 534. The molecule has 3 heteroatoms. The van der Waals surface area contributed by atoms with Crippen LogP contribution in [0.2, 0.25) is 19.6 Å². The summed E-state index contributed by atoms with van der Waals surface area (Å²) in [6, 6.07) is 20.4. The molecular weight excluding hydrogens is 274 g/mol. The molecule has 0 N–H and O–H groups in total. The van der Waals surface area contributed by atoms with Crippen LogP contribution in [0.4, 0.5) is 4.79 Å². The van der Waals surface area contributed by atoms with Crippen LogP contribution in [0.15, 0.2) is 60.7 Å². The smallest absolute Gasteiger partial charge is 0.194 e. The second-order valence-corrected chi connectivity index (χ2v) is 11.3. The molecule has 0 aliphatic heterocycles. The molecular formula is C18H23NOSi. The van der Waals surface area contributed by atoms with Crippen molar-refractivity contribution in [2.24, 2.45) is 0 Å². The van der Waals surface area contributed by atoms with Crippen molar-refractivity contribution in [2.75, 3.05) is 0 Å². The molecule has 2 aromatic rings. The summed E-state index contributed by atoms with van der Waals surface area (Å²) >= 11 is 0. The van der Waals surface area contributed by atoms with Crippen molar-refractivity contribution in [3.8, 4) is 0 Å². The van der Waals surface area contributed by atoms with Crippen LogP contribution in [0.1, 0.15) is 11.1 Å². The van der Waals surface area contributed by atoms with Crippen LogP contribution in [-0.2, 0) is 13.1 Å². The number of benzene rings is 2. The molecule has 2 aromatic carbocycles. The average molecular weight is 297 g/mol. The van der Waals surface area contributed by atoms with E-state index in [-0.39, 0.29) is 0 Å². The first-order chi connectivity index (χ1) is 9.97. The van der Waals surface area contributed by atoms with Gasteiger partial charge in [0.05, 0.1) is 0 Å². The highest BCUT2D eigenvalue weighted by atomic mass is 28.3. The van der Waals surface area contributed by atoms with Gasteiger partial charge in [-0.1, -0.05) is 80.3 Å². The summed E-state index contributed by atoms with van der Waals surface area (Å²) in [7, 11) is -1.84. The highest BCUT2D eigenvalue weighted by molar-refractivity contribution is 7.03. The van der Waals surface area contributed by atoms with Crippen molar-refractivity contribution in [1.82, 2.24) is 4.90 Å². The molecule has 110 valence electrons. The molecule has 0 aliphatic carbocycles. The van der Waals surface area contributed by atoms with E-state index >= 15 is 0 Å². The number of carbonyl (C=O) groups is 1. The van der Waals surface area contributed by atoms with E-state index in [0.717, 1.165) is 0 Å². The first-order valence-corrected chi connectivity index (χ1v) is 10.8. The Morgan fingerprint density at radius 3 is 1.52 bits per heavy atom. The summed E-state index contributed by atoms with van der Waals surface area (Å²) < 4.78 is 0. The van der Waals surface area contributed by atoms with Gasteiger partial charge in [0.25, 0.3) is 0 Å². The van der Waals surface area contributed by atoms with E-state index in [2.05, 4.69) is 43.9 Å². The Morgan fingerprint density at radius 2 is 1.19 bits per heavy atom. The lowest BCUT2D eigenvalue weighted by atomic mass is 10.2. The van der Waals surface area contributed by atoms with Crippen LogP contribution in [-0.4, -0.2) is 18.5 Å². The molecule has 0 aromatic heterocycles. The van der Waals surface area contributed by atoms with Crippen molar-refractivity contribution in [1.29, 1.82) is 0 Å². The third-order valence-corrected chi connectivity index (χ3v) is 4.96. The second kappa shape index (κ2) is 6.72. The molecule has 0 fully saturated rings. The third kappa shape index (κ3) is 4.57. The van der Waals surface area contributed by atoms with Gasteiger partial charge in [-0.2, -0.15) is 0 Å². The number of rotatable bonds is 5. The van der Waals surface area contributed by atoms with E-state index in [4.69, 9.17) is 0 Å². The molecule has 2 nitrogen and oxygen atoms in total. The molecule has 0 heterocycles. The number of amides is 1. The number of hydrogen-bond donors (Lipinski definition) is 0. The van der Waals surface area contributed by atoms with Crippen molar-refractivity contribution >= 4 is 13.6 Å². The normalized spacial score (nSPS) is 11.2. The standard InChI is InChI=1S/C18H23NOSi/c1-21(2,3)18(20)19(14-16-10-6-4-7-11-16)15-17-12-8-5-9-13-17/h4-13H,14-15H2,1-3H3. The maximum absolute atomic E-state index is 12.8. The van der Waals surface area contributed by atoms with Gasteiger partial charge in [0.1, 0.15) is 0 Å². The first kappa shape index (κ1) is 15.5. The van der Waals surface area contributed by atoms with Gasteiger partial charge in [0, 0.05) is 13.1 Å². The van der Waals surface area contributed by atoms with Crippen LogP contribution in [0.3, 0.4) is 0 Å².